The van der Waals surface area contributed by atoms with Gasteiger partial charge in [0, 0.05) is 57.1 Å². The van der Waals surface area contributed by atoms with E-state index < -0.39 is 47.9 Å². The van der Waals surface area contributed by atoms with Crippen LogP contribution in [0.4, 0.5) is 26.2 Å². The summed E-state index contributed by atoms with van der Waals surface area (Å²) in [6, 6.07) is 14.6. The van der Waals surface area contributed by atoms with Crippen LogP contribution in [0.2, 0.25) is 0 Å². The van der Waals surface area contributed by atoms with Crippen LogP contribution in [0.3, 0.4) is 0 Å². The number of rotatable bonds is 12. The molecular weight excluding hydrogens is 879 g/mol. The minimum Gasteiger partial charge on any atom is -0.391 e. The molecule has 1 aromatic carbocycles. The van der Waals surface area contributed by atoms with Gasteiger partial charge in [0.2, 0.25) is 23.6 Å². The standard InChI is InChI=1S/C49H58F2N10O5S/c1-28(31-6-8-33(9-7-31)42-29(2)54-27-67-42)55-45(64)38-23-37(62)25-61(38)47(66)43(48(3,4)5)58-44(63)35-19-36(20-35)46(65)59-15-11-32(12-16-59)34-21-40(56-39-18-30(24-52)10-14-53-39)57-41(22-34)60-17-13-49(50,51)26-60/h6-10,14,18,21-22,27-28,32,35-38,43,62H,11-13,15-17,19-20,23,25-26H2,1-5H3,(H,55,64)(H,58,63)(H,53,56,57)/t28-,35-,36+,37+,38?,43-/m0/s1. The average Bonchev–Trinajstić information content (AvgIpc) is 4.01. The van der Waals surface area contributed by atoms with Crippen LogP contribution in [0.5, 0.6) is 0 Å². The van der Waals surface area contributed by atoms with Crippen LogP contribution in [0, 0.1) is 35.5 Å². The molecule has 4 aliphatic rings. The first-order valence-corrected chi connectivity index (χ1v) is 23.9. The number of alkyl halides is 2. The molecule has 15 nitrogen and oxygen atoms in total. The van der Waals surface area contributed by atoms with Crippen molar-refractivity contribution in [3.05, 3.63) is 82.6 Å². The number of aliphatic hydroxyl groups is 1. The number of aliphatic hydroxyl groups excluding tert-OH is 1. The number of nitriles is 1. The maximum Gasteiger partial charge on any atom is 0.266 e. The van der Waals surface area contributed by atoms with Crippen molar-refractivity contribution in [2.75, 3.05) is 42.9 Å². The van der Waals surface area contributed by atoms with Crippen molar-refractivity contribution in [3.63, 3.8) is 0 Å². The molecule has 1 aliphatic carbocycles. The number of piperidine rings is 1. The number of carbonyl (C=O) groups is 4. The van der Waals surface area contributed by atoms with Crippen molar-refractivity contribution < 1.29 is 33.1 Å². The number of nitrogens with zero attached hydrogens (tertiary/aromatic N) is 7. The van der Waals surface area contributed by atoms with Gasteiger partial charge in [-0.05, 0) is 91.8 Å². The van der Waals surface area contributed by atoms with Crippen molar-refractivity contribution in [3.8, 4) is 16.5 Å². The van der Waals surface area contributed by atoms with Crippen molar-refractivity contribution in [1.29, 1.82) is 5.26 Å². The first kappa shape index (κ1) is 47.4. The van der Waals surface area contributed by atoms with Crippen LogP contribution in [0.1, 0.15) is 101 Å². The molecule has 18 heteroatoms. The topological polar surface area (TPSA) is 197 Å². The molecule has 3 aliphatic heterocycles. The van der Waals surface area contributed by atoms with Gasteiger partial charge in [0.15, 0.2) is 0 Å². The number of anilines is 3. The molecule has 0 spiro atoms. The molecule has 4 amide bonds. The zero-order chi connectivity index (χ0) is 47.8. The lowest BCUT2D eigenvalue weighted by Crippen LogP contribution is -2.59. The number of aryl methyl sites for hydroxylation is 1. The van der Waals surface area contributed by atoms with E-state index in [2.05, 4.69) is 37.0 Å². The maximum absolute atomic E-state index is 14.3. The second-order valence-corrected chi connectivity index (χ2v) is 20.5. The molecule has 3 saturated heterocycles. The summed E-state index contributed by atoms with van der Waals surface area (Å²) in [5, 5.41) is 29.2. The Balaban J connectivity index is 0.852. The zero-order valence-electron chi connectivity index (χ0n) is 38.5. The molecule has 1 unspecified atom stereocenters. The summed E-state index contributed by atoms with van der Waals surface area (Å²) in [7, 11) is 0. The van der Waals surface area contributed by atoms with Crippen LogP contribution >= 0.6 is 11.3 Å². The highest BCUT2D eigenvalue weighted by Gasteiger charge is 2.47. The SMILES string of the molecule is Cc1ncsc1-c1ccc([C@H](C)NC(=O)C2C[C@@H](O)CN2C(=O)[C@H](NC(=O)[C@H]2C[C@@H](C(=O)N3CCC(c4cc(Nc5cc(C#N)ccn5)nc(N5CCC(F)(F)C5)c4)CC3)C2)C(C)(C)C)cc1. The number of halogens is 2. The first-order valence-electron chi connectivity index (χ1n) is 23.0. The van der Waals surface area contributed by atoms with Gasteiger partial charge < -0.3 is 35.8 Å². The van der Waals surface area contributed by atoms with E-state index >= 15 is 0 Å². The molecular formula is C49H58F2N10O5S. The van der Waals surface area contributed by atoms with Gasteiger partial charge in [0.1, 0.15) is 29.5 Å². The lowest BCUT2D eigenvalue weighted by Gasteiger charge is -2.41. The highest BCUT2D eigenvalue weighted by atomic mass is 32.1. The molecule has 0 radical (unpaired) electrons. The third-order valence-electron chi connectivity index (χ3n) is 13.7. The Hall–Kier alpha value is -6.06. The van der Waals surface area contributed by atoms with Crippen LogP contribution in [-0.4, -0.2) is 110 Å². The molecule has 1 saturated carbocycles. The molecule has 4 N–H and O–H groups in total. The molecule has 354 valence electrons. The highest BCUT2D eigenvalue weighted by molar-refractivity contribution is 7.13. The lowest BCUT2D eigenvalue weighted by atomic mass is 9.73. The monoisotopic (exact) mass is 936 g/mol. The predicted octanol–water partition coefficient (Wildman–Crippen LogP) is 6.47. The second-order valence-electron chi connectivity index (χ2n) is 19.6. The Bertz CT molecular complexity index is 2530. The Kier molecular flexibility index (Phi) is 13.6. The van der Waals surface area contributed by atoms with Gasteiger partial charge in [-0.3, -0.25) is 19.2 Å². The molecule has 0 bridgehead atoms. The molecule has 67 heavy (non-hydrogen) atoms. The molecule has 4 atom stereocenters. The summed E-state index contributed by atoms with van der Waals surface area (Å²) < 4.78 is 28.6. The van der Waals surface area contributed by atoms with Crippen LogP contribution in [-0.2, 0) is 19.2 Å². The fourth-order valence-electron chi connectivity index (χ4n) is 9.63. The van der Waals surface area contributed by atoms with Crippen molar-refractivity contribution >= 4 is 52.4 Å². The fourth-order valence-corrected chi connectivity index (χ4v) is 10.4. The normalized spacial score (nSPS) is 22.6. The van der Waals surface area contributed by atoms with Crippen molar-refractivity contribution in [1.82, 2.24) is 35.4 Å². The van der Waals surface area contributed by atoms with Crippen molar-refractivity contribution in [2.45, 2.75) is 109 Å². The quantitative estimate of drug-likeness (QED) is 0.122. The van der Waals surface area contributed by atoms with Crippen LogP contribution in [0.15, 0.2) is 60.2 Å². The Labute approximate surface area is 393 Å². The largest absolute Gasteiger partial charge is 0.391 e. The third kappa shape index (κ3) is 10.7. The fraction of sp³-hybridized carbons (Fsp3) is 0.510. The predicted molar refractivity (Wildman–Crippen MR) is 249 cm³/mol. The number of nitrogens with one attached hydrogen (secondary N) is 3. The number of likely N-dealkylation sites (tertiary alicyclic amines) is 2. The molecule has 8 rings (SSSR count). The number of pyridine rings is 2. The van der Waals surface area contributed by atoms with E-state index in [1.165, 1.54) is 11.1 Å². The van der Waals surface area contributed by atoms with E-state index in [4.69, 9.17) is 0 Å². The maximum atomic E-state index is 14.3. The van der Waals surface area contributed by atoms with Crippen molar-refractivity contribution in [2.24, 2.45) is 17.3 Å². The summed E-state index contributed by atoms with van der Waals surface area (Å²) in [6.07, 6.45) is 2.38. The number of carbonyl (C=O) groups excluding carboxylic acids is 4. The first-order chi connectivity index (χ1) is 31.8. The van der Waals surface area contributed by atoms with Gasteiger partial charge in [-0.2, -0.15) is 5.26 Å². The minimum absolute atomic E-state index is 0.0218. The lowest BCUT2D eigenvalue weighted by molar-refractivity contribution is -0.148. The number of hydrogen-bond donors (Lipinski definition) is 4. The smallest absolute Gasteiger partial charge is 0.266 e. The number of benzene rings is 1. The third-order valence-corrected chi connectivity index (χ3v) is 14.6. The summed E-state index contributed by atoms with van der Waals surface area (Å²) in [4.78, 5) is 74.7. The number of thiazole rings is 1. The van der Waals surface area contributed by atoms with Gasteiger partial charge in [-0.15, -0.1) is 11.3 Å². The van der Waals surface area contributed by atoms with Gasteiger partial charge in [0.05, 0.1) is 46.4 Å². The van der Waals surface area contributed by atoms with E-state index in [1.54, 1.807) is 28.4 Å². The number of aromatic nitrogens is 3. The van der Waals surface area contributed by atoms with E-state index in [1.807, 2.05) is 81.4 Å². The highest BCUT2D eigenvalue weighted by Crippen LogP contribution is 2.40. The van der Waals surface area contributed by atoms with Crippen LogP contribution < -0.4 is 20.9 Å². The zero-order valence-corrected chi connectivity index (χ0v) is 39.3. The van der Waals surface area contributed by atoms with Crippen LogP contribution in [0.25, 0.3) is 10.4 Å². The van der Waals surface area contributed by atoms with E-state index in [0.29, 0.717) is 61.8 Å². The summed E-state index contributed by atoms with van der Waals surface area (Å²) >= 11 is 1.56. The summed E-state index contributed by atoms with van der Waals surface area (Å²) in [6.45, 7) is 10.0. The number of amides is 4. The van der Waals surface area contributed by atoms with E-state index in [9.17, 15) is 38.3 Å². The Morgan fingerprint density at radius 1 is 0.940 bits per heavy atom. The molecule has 4 aromatic rings. The molecule has 6 heterocycles. The van der Waals surface area contributed by atoms with E-state index in [0.717, 1.165) is 27.3 Å². The molecule has 4 fully saturated rings. The summed E-state index contributed by atoms with van der Waals surface area (Å²) in [5.74, 6) is -3.53. The van der Waals surface area contributed by atoms with Gasteiger partial charge >= 0.3 is 0 Å². The Morgan fingerprint density at radius 2 is 1.67 bits per heavy atom. The number of hydrogen-bond acceptors (Lipinski definition) is 12. The average molecular weight is 937 g/mol. The molecule has 3 aromatic heterocycles. The number of β-amino-alcohol motifs (C(OH)–C–C–N with tert-alkyl or cyclic N) is 1. The second kappa shape index (κ2) is 19.3. The van der Waals surface area contributed by atoms with E-state index in [-0.39, 0.29) is 61.5 Å². The van der Waals surface area contributed by atoms with Gasteiger partial charge in [-0.1, -0.05) is 45.0 Å². The Morgan fingerprint density at radius 3 is 2.31 bits per heavy atom. The van der Waals surface area contributed by atoms with Gasteiger partial charge in [0.25, 0.3) is 5.92 Å². The minimum atomic E-state index is -2.81. The van der Waals surface area contributed by atoms with Gasteiger partial charge in [-0.25, -0.2) is 23.7 Å². The summed E-state index contributed by atoms with van der Waals surface area (Å²) in [5.41, 5.74) is 5.26.